The molecule has 0 atom stereocenters. The molecule has 7 nitrogen and oxygen atoms in total. The van der Waals surface area contributed by atoms with Crippen LogP contribution in [0.25, 0.3) is 0 Å². The van der Waals surface area contributed by atoms with Crippen LogP contribution in [0.4, 0.5) is 0 Å². The van der Waals surface area contributed by atoms with E-state index in [4.69, 9.17) is 14.2 Å². The number of hydrogen-bond acceptors (Lipinski definition) is 7. The molecule has 0 aromatic rings. The molecule has 340 valence electrons. The van der Waals surface area contributed by atoms with Crippen molar-refractivity contribution >= 4 is 17.9 Å². The molecule has 0 aromatic carbocycles. The zero-order chi connectivity index (χ0) is 42.7. The van der Waals surface area contributed by atoms with Gasteiger partial charge in [-0.25, -0.2) is 0 Å². The molecule has 58 heavy (non-hydrogen) atoms. The molecule has 0 radical (unpaired) electrons. The van der Waals surface area contributed by atoms with Gasteiger partial charge < -0.3 is 19.1 Å². The molecule has 0 saturated carbocycles. The molecule has 0 spiro atoms. The van der Waals surface area contributed by atoms with Crippen LogP contribution in [-0.4, -0.2) is 62.8 Å². The van der Waals surface area contributed by atoms with E-state index >= 15 is 0 Å². The molecule has 0 bridgehead atoms. The summed E-state index contributed by atoms with van der Waals surface area (Å²) in [6.45, 7) is 10.7. The average molecular weight is 818 g/mol. The van der Waals surface area contributed by atoms with E-state index in [0.29, 0.717) is 44.3 Å². The molecule has 7 heteroatoms. The molecule has 0 fully saturated rings. The largest absolute Gasteiger partial charge is 0.462 e. The van der Waals surface area contributed by atoms with Crippen molar-refractivity contribution < 1.29 is 28.6 Å². The lowest BCUT2D eigenvalue weighted by atomic mass is 9.94. The maximum atomic E-state index is 12.6. The summed E-state index contributed by atoms with van der Waals surface area (Å²) in [5, 5.41) is 0. The van der Waals surface area contributed by atoms with Crippen LogP contribution >= 0.6 is 0 Å². The molecule has 0 aliphatic heterocycles. The van der Waals surface area contributed by atoms with Crippen LogP contribution in [0.3, 0.4) is 0 Å². The maximum absolute atomic E-state index is 12.6. The predicted octanol–water partition coefficient (Wildman–Crippen LogP) is 14.5. The maximum Gasteiger partial charge on any atom is 0.306 e. The van der Waals surface area contributed by atoms with E-state index in [1.165, 1.54) is 103 Å². The summed E-state index contributed by atoms with van der Waals surface area (Å²) < 4.78 is 17.0. The number of hydrogen-bond donors (Lipinski definition) is 0. The fourth-order valence-corrected chi connectivity index (χ4v) is 7.61. The van der Waals surface area contributed by atoms with Gasteiger partial charge in [0.25, 0.3) is 0 Å². The second-order valence-electron chi connectivity index (χ2n) is 17.4. The summed E-state index contributed by atoms with van der Waals surface area (Å²) in [6, 6.07) is 0. The number of rotatable bonds is 43. The highest BCUT2D eigenvalue weighted by molar-refractivity contribution is 5.70. The van der Waals surface area contributed by atoms with Crippen molar-refractivity contribution in [3.8, 4) is 0 Å². The van der Waals surface area contributed by atoms with Gasteiger partial charge in [0.2, 0.25) is 0 Å². The molecule has 0 aliphatic carbocycles. The van der Waals surface area contributed by atoms with Crippen molar-refractivity contribution in [1.29, 1.82) is 0 Å². The van der Waals surface area contributed by atoms with E-state index in [9.17, 15) is 14.4 Å². The summed E-state index contributed by atoms with van der Waals surface area (Å²) in [7, 11) is 4.05. The van der Waals surface area contributed by atoms with Gasteiger partial charge in [0.1, 0.15) is 19.3 Å². The Hall–Kier alpha value is -2.15. The number of allylic oxidation sites excluding steroid dienone is 2. The Kier molecular flexibility index (Phi) is 41.4. The third-order valence-corrected chi connectivity index (χ3v) is 11.3. The highest BCUT2D eigenvalue weighted by Gasteiger charge is 2.15. The van der Waals surface area contributed by atoms with Gasteiger partial charge in [-0.15, -0.1) is 0 Å². The van der Waals surface area contributed by atoms with E-state index in [1.54, 1.807) is 0 Å². The van der Waals surface area contributed by atoms with Crippen molar-refractivity contribution in [2.45, 2.75) is 239 Å². The van der Waals surface area contributed by atoms with Gasteiger partial charge in [-0.05, 0) is 103 Å². The smallest absolute Gasteiger partial charge is 0.306 e. The van der Waals surface area contributed by atoms with Gasteiger partial charge in [-0.2, -0.15) is 0 Å². The second kappa shape index (κ2) is 43.0. The Morgan fingerprint density at radius 2 is 0.776 bits per heavy atom. The van der Waals surface area contributed by atoms with Crippen LogP contribution in [-0.2, 0) is 28.6 Å². The Balaban J connectivity index is 4.39. The fraction of sp³-hybridized carbons (Fsp3) is 0.863. The first-order valence-electron chi connectivity index (χ1n) is 24.7. The minimum absolute atomic E-state index is 0.0336. The minimum Gasteiger partial charge on any atom is -0.462 e. The number of ether oxygens (including phenoxy) is 3. The van der Waals surface area contributed by atoms with Crippen LogP contribution in [0.15, 0.2) is 24.3 Å². The van der Waals surface area contributed by atoms with Crippen molar-refractivity contribution in [3.05, 3.63) is 24.3 Å². The molecular weight excluding hydrogens is 723 g/mol. The zero-order valence-corrected chi connectivity index (χ0v) is 39.2. The third-order valence-electron chi connectivity index (χ3n) is 11.3. The first kappa shape index (κ1) is 55.9. The van der Waals surface area contributed by atoms with Crippen molar-refractivity contribution in [2.75, 3.05) is 33.9 Å². The van der Waals surface area contributed by atoms with E-state index in [0.717, 1.165) is 90.0 Å². The van der Waals surface area contributed by atoms with Crippen LogP contribution in [0.1, 0.15) is 233 Å². The van der Waals surface area contributed by atoms with E-state index < -0.39 is 0 Å². The lowest BCUT2D eigenvalue weighted by molar-refractivity contribution is -0.150. The van der Waals surface area contributed by atoms with Gasteiger partial charge in [0, 0.05) is 19.3 Å². The fourth-order valence-electron chi connectivity index (χ4n) is 7.61. The van der Waals surface area contributed by atoms with Crippen LogP contribution in [0, 0.1) is 11.8 Å². The molecule has 0 aliphatic rings. The highest BCUT2D eigenvalue weighted by atomic mass is 16.5. The molecule has 0 heterocycles. The van der Waals surface area contributed by atoms with Gasteiger partial charge in [-0.3, -0.25) is 14.4 Å². The number of esters is 3. The van der Waals surface area contributed by atoms with Gasteiger partial charge in [0.15, 0.2) is 0 Å². The van der Waals surface area contributed by atoms with Gasteiger partial charge in [0.05, 0.1) is 0 Å². The van der Waals surface area contributed by atoms with Gasteiger partial charge in [-0.1, -0.05) is 168 Å². The molecule has 0 saturated heterocycles. The lowest BCUT2D eigenvalue weighted by Crippen LogP contribution is -2.20. The lowest BCUT2D eigenvalue weighted by Gasteiger charge is -2.18. The Labute approximate surface area is 359 Å². The second-order valence-corrected chi connectivity index (χ2v) is 17.4. The van der Waals surface area contributed by atoms with E-state index in [1.807, 2.05) is 14.1 Å². The monoisotopic (exact) mass is 818 g/mol. The summed E-state index contributed by atoms with van der Waals surface area (Å²) in [5.41, 5.74) is 0. The Morgan fingerprint density at radius 3 is 1.16 bits per heavy atom. The van der Waals surface area contributed by atoms with E-state index in [2.05, 4.69) is 56.9 Å². The number of carbonyl (C=O) groups excluding carboxylic acids is 3. The molecule has 0 aromatic heterocycles. The number of carbonyl (C=O) groups is 3. The van der Waals surface area contributed by atoms with E-state index in [-0.39, 0.29) is 24.0 Å². The first-order valence-corrected chi connectivity index (χ1v) is 24.7. The molecule has 0 unspecified atom stereocenters. The Bertz CT molecular complexity index is 909. The highest BCUT2D eigenvalue weighted by Crippen LogP contribution is 2.21. The quantitative estimate of drug-likeness (QED) is 0.0262. The van der Waals surface area contributed by atoms with Crippen molar-refractivity contribution in [3.63, 3.8) is 0 Å². The van der Waals surface area contributed by atoms with Crippen LogP contribution < -0.4 is 0 Å². The summed E-state index contributed by atoms with van der Waals surface area (Å²) >= 11 is 0. The number of unbranched alkanes of at least 4 members (excludes halogenated alkanes) is 16. The first-order chi connectivity index (χ1) is 28.2. The third kappa shape index (κ3) is 39.3. The minimum atomic E-state index is -0.0957. The topological polar surface area (TPSA) is 82.1 Å². The van der Waals surface area contributed by atoms with Crippen LogP contribution in [0.5, 0.6) is 0 Å². The zero-order valence-electron chi connectivity index (χ0n) is 39.2. The molecule has 0 N–H and O–H groups in total. The Morgan fingerprint density at radius 1 is 0.431 bits per heavy atom. The normalized spacial score (nSPS) is 12.4. The summed E-state index contributed by atoms with van der Waals surface area (Å²) in [4.78, 5) is 39.4. The number of nitrogens with zero attached hydrogens (tertiary/aromatic N) is 1. The summed E-state index contributed by atoms with van der Waals surface area (Å²) in [5.74, 6) is 0.935. The van der Waals surface area contributed by atoms with Crippen molar-refractivity contribution in [1.82, 2.24) is 4.90 Å². The average Bonchev–Trinajstić information content (AvgIpc) is 3.19. The predicted molar refractivity (Wildman–Crippen MR) is 246 cm³/mol. The molecular formula is C51H95NO6. The molecule has 0 amide bonds. The van der Waals surface area contributed by atoms with Crippen molar-refractivity contribution in [2.24, 2.45) is 11.8 Å². The van der Waals surface area contributed by atoms with Gasteiger partial charge >= 0.3 is 17.9 Å². The SMILES string of the molecule is CCCCCC(C=CCOC(=O)CCCCCCCC(CCCCCCCC(=O)OCC=CC(CCCCC)CCCCC)OC(=O)CCCN(C)C)CCCCC. The molecule has 0 rings (SSSR count). The summed E-state index contributed by atoms with van der Waals surface area (Å²) in [6.07, 6.45) is 43.0. The van der Waals surface area contributed by atoms with Crippen LogP contribution in [0.2, 0.25) is 0 Å². The standard InChI is InChI=1S/C51H95NO6/c1-7-11-21-32-46(33-22-12-8-2)36-30-44-56-49(53)40-27-19-15-17-25-38-48(58-51(55)42-29-43-52(5)6)39-26-18-16-20-28-41-50(54)57-45-31-37-47(34-23-13-9-3)35-24-14-10-4/h30-31,36-37,46-48H,7-29,32-35,38-45H2,1-6H3.